The third-order valence-electron chi connectivity index (χ3n) is 2.25. The fraction of sp³-hybridized carbons (Fsp3) is 0.857. The summed E-state index contributed by atoms with van der Waals surface area (Å²) in [7, 11) is 0. The van der Waals surface area contributed by atoms with Crippen molar-refractivity contribution >= 4 is 5.97 Å². The molecule has 0 bridgehead atoms. The van der Waals surface area contributed by atoms with Crippen molar-refractivity contribution in [2.75, 3.05) is 0 Å². The van der Waals surface area contributed by atoms with Crippen molar-refractivity contribution in [2.24, 2.45) is 11.0 Å². The van der Waals surface area contributed by atoms with E-state index in [1.807, 2.05) is 0 Å². The minimum absolute atomic E-state index is 0.332. The molecule has 0 amide bonds. The Morgan fingerprint density at radius 3 is 2.75 bits per heavy atom. The molecule has 0 aromatic carbocycles. The van der Waals surface area contributed by atoms with Crippen LogP contribution in [0.2, 0.25) is 0 Å². The van der Waals surface area contributed by atoms with E-state index in [2.05, 4.69) is 10.0 Å². The Morgan fingerprint density at radius 2 is 2.17 bits per heavy atom. The first-order valence-electron chi connectivity index (χ1n) is 4.02. The van der Waals surface area contributed by atoms with Crippen molar-refractivity contribution in [2.45, 2.75) is 31.7 Å². The lowest BCUT2D eigenvalue weighted by Gasteiger charge is -2.24. The van der Waals surface area contributed by atoms with Gasteiger partial charge in [-0.05, 0) is 18.4 Å². The first-order valence-corrected chi connectivity index (χ1v) is 4.02. The summed E-state index contributed by atoms with van der Waals surface area (Å²) in [6, 6.07) is -0.332. The molecular formula is C7H11N3O2. The first-order chi connectivity index (χ1) is 5.75. The Labute approximate surface area is 70.0 Å². The summed E-state index contributed by atoms with van der Waals surface area (Å²) in [5, 5.41) is 12.2. The Bertz CT molecular complexity index is 213. The minimum Gasteiger partial charge on any atom is -0.481 e. The molecule has 0 aromatic rings. The van der Waals surface area contributed by atoms with E-state index in [1.54, 1.807) is 0 Å². The van der Waals surface area contributed by atoms with Crippen molar-refractivity contribution in [3.8, 4) is 0 Å². The van der Waals surface area contributed by atoms with Gasteiger partial charge in [0.15, 0.2) is 0 Å². The van der Waals surface area contributed by atoms with Crippen LogP contribution in [0.5, 0.6) is 0 Å². The number of carbonyl (C=O) groups is 1. The van der Waals surface area contributed by atoms with Crippen LogP contribution in [-0.2, 0) is 4.79 Å². The molecule has 2 atom stereocenters. The maximum atomic E-state index is 10.7. The molecule has 0 saturated heterocycles. The molecule has 1 saturated carbocycles. The highest BCUT2D eigenvalue weighted by atomic mass is 16.4. The lowest BCUT2D eigenvalue weighted by molar-refractivity contribution is -0.143. The minimum atomic E-state index is -0.841. The number of rotatable bonds is 2. The van der Waals surface area contributed by atoms with Gasteiger partial charge < -0.3 is 5.11 Å². The maximum Gasteiger partial charge on any atom is 0.306 e. The van der Waals surface area contributed by atoms with E-state index in [0.29, 0.717) is 12.8 Å². The molecule has 0 heterocycles. The second-order valence-electron chi connectivity index (χ2n) is 3.00. The van der Waals surface area contributed by atoms with E-state index in [-0.39, 0.29) is 6.04 Å². The van der Waals surface area contributed by atoms with Crippen LogP contribution in [0.4, 0.5) is 0 Å². The quantitative estimate of drug-likeness (QED) is 0.389. The molecule has 66 valence electrons. The van der Waals surface area contributed by atoms with Crippen LogP contribution in [0.25, 0.3) is 10.4 Å². The van der Waals surface area contributed by atoms with Gasteiger partial charge in [-0.2, -0.15) is 0 Å². The molecule has 1 N–H and O–H groups in total. The van der Waals surface area contributed by atoms with Gasteiger partial charge in [0.2, 0.25) is 0 Å². The van der Waals surface area contributed by atoms with E-state index < -0.39 is 11.9 Å². The molecule has 0 unspecified atom stereocenters. The summed E-state index contributed by atoms with van der Waals surface area (Å²) in [5.74, 6) is -1.30. The molecule has 12 heavy (non-hydrogen) atoms. The van der Waals surface area contributed by atoms with Gasteiger partial charge >= 0.3 is 5.97 Å². The average molecular weight is 169 g/mol. The zero-order chi connectivity index (χ0) is 8.97. The smallest absolute Gasteiger partial charge is 0.306 e. The van der Waals surface area contributed by atoms with E-state index in [0.717, 1.165) is 12.8 Å². The fourth-order valence-corrected chi connectivity index (χ4v) is 1.60. The van der Waals surface area contributed by atoms with Crippen LogP contribution in [0.1, 0.15) is 25.7 Å². The van der Waals surface area contributed by atoms with Crippen LogP contribution in [0.15, 0.2) is 5.11 Å². The monoisotopic (exact) mass is 169 g/mol. The predicted molar refractivity (Wildman–Crippen MR) is 42.5 cm³/mol. The van der Waals surface area contributed by atoms with Crippen molar-refractivity contribution in [3.63, 3.8) is 0 Å². The Kier molecular flexibility index (Phi) is 2.94. The topological polar surface area (TPSA) is 86.1 Å². The average Bonchev–Trinajstić information content (AvgIpc) is 2.05. The van der Waals surface area contributed by atoms with E-state index in [4.69, 9.17) is 10.6 Å². The summed E-state index contributed by atoms with van der Waals surface area (Å²) < 4.78 is 0. The summed E-state index contributed by atoms with van der Waals surface area (Å²) in [5.41, 5.74) is 8.18. The normalized spacial score (nSPS) is 29.0. The third-order valence-corrected chi connectivity index (χ3v) is 2.25. The maximum absolute atomic E-state index is 10.7. The molecular weight excluding hydrogens is 158 g/mol. The van der Waals surface area contributed by atoms with Crippen molar-refractivity contribution < 1.29 is 9.90 Å². The number of hydrogen-bond acceptors (Lipinski definition) is 2. The molecule has 1 aliphatic rings. The molecule has 0 spiro atoms. The Hall–Kier alpha value is -1.22. The highest BCUT2D eigenvalue weighted by molar-refractivity contribution is 5.71. The van der Waals surface area contributed by atoms with Gasteiger partial charge in [0.1, 0.15) is 0 Å². The summed E-state index contributed by atoms with van der Waals surface area (Å²) in [6.45, 7) is 0. The van der Waals surface area contributed by atoms with E-state index >= 15 is 0 Å². The Morgan fingerprint density at radius 1 is 1.50 bits per heavy atom. The first kappa shape index (κ1) is 8.87. The van der Waals surface area contributed by atoms with Crippen LogP contribution >= 0.6 is 0 Å². The van der Waals surface area contributed by atoms with Crippen molar-refractivity contribution in [3.05, 3.63) is 10.4 Å². The van der Waals surface area contributed by atoms with Gasteiger partial charge in [0, 0.05) is 4.91 Å². The molecule has 5 heteroatoms. The van der Waals surface area contributed by atoms with Crippen LogP contribution in [0.3, 0.4) is 0 Å². The number of nitrogens with zero attached hydrogens (tertiary/aromatic N) is 3. The van der Waals surface area contributed by atoms with Crippen LogP contribution in [-0.4, -0.2) is 17.1 Å². The molecule has 1 fully saturated rings. The number of azide groups is 1. The molecule has 5 nitrogen and oxygen atoms in total. The standard InChI is InChI=1S/C7H11N3O2/c8-10-9-6-4-2-1-3-5(6)7(11)12/h5-6H,1-4H2,(H,11,12)/t5-,6-/m0/s1. The Balaban J connectivity index is 2.66. The van der Waals surface area contributed by atoms with Gasteiger partial charge in [0.25, 0.3) is 0 Å². The second kappa shape index (κ2) is 3.97. The largest absolute Gasteiger partial charge is 0.481 e. The second-order valence-corrected chi connectivity index (χ2v) is 3.00. The lowest BCUT2D eigenvalue weighted by atomic mass is 9.85. The lowest BCUT2D eigenvalue weighted by Crippen LogP contribution is -2.29. The van der Waals surface area contributed by atoms with E-state index in [9.17, 15) is 4.79 Å². The molecule has 1 rings (SSSR count). The van der Waals surface area contributed by atoms with Crippen molar-refractivity contribution in [1.82, 2.24) is 0 Å². The highest BCUT2D eigenvalue weighted by Gasteiger charge is 2.29. The zero-order valence-electron chi connectivity index (χ0n) is 6.68. The number of carboxylic acids is 1. The predicted octanol–water partition coefficient (Wildman–Crippen LogP) is 1.94. The molecule has 0 aromatic heterocycles. The van der Waals surface area contributed by atoms with Gasteiger partial charge in [-0.1, -0.05) is 18.0 Å². The number of hydrogen-bond donors (Lipinski definition) is 1. The van der Waals surface area contributed by atoms with Crippen LogP contribution < -0.4 is 0 Å². The molecule has 0 aliphatic heterocycles. The summed E-state index contributed by atoms with van der Waals surface area (Å²) in [4.78, 5) is 13.3. The zero-order valence-corrected chi connectivity index (χ0v) is 6.68. The van der Waals surface area contributed by atoms with Gasteiger partial charge in [0.05, 0.1) is 12.0 Å². The fourth-order valence-electron chi connectivity index (χ4n) is 1.60. The third kappa shape index (κ3) is 1.89. The number of aliphatic carboxylic acids is 1. The van der Waals surface area contributed by atoms with Crippen molar-refractivity contribution in [1.29, 1.82) is 0 Å². The summed E-state index contributed by atoms with van der Waals surface area (Å²) >= 11 is 0. The summed E-state index contributed by atoms with van der Waals surface area (Å²) in [6.07, 6.45) is 3.24. The molecule has 0 radical (unpaired) electrons. The number of carboxylic acid groups (broad SMARTS) is 1. The van der Waals surface area contributed by atoms with Gasteiger partial charge in [-0.25, -0.2) is 0 Å². The van der Waals surface area contributed by atoms with E-state index in [1.165, 1.54) is 0 Å². The van der Waals surface area contributed by atoms with Crippen LogP contribution in [0, 0.1) is 5.92 Å². The van der Waals surface area contributed by atoms with Gasteiger partial charge in [-0.15, -0.1) is 0 Å². The SMILES string of the molecule is [N-]=[N+]=N[C@H]1CCCC[C@@H]1C(=O)O. The van der Waals surface area contributed by atoms with Gasteiger partial charge in [-0.3, -0.25) is 4.79 Å². The molecule has 1 aliphatic carbocycles. The highest BCUT2D eigenvalue weighted by Crippen LogP contribution is 2.27.